The van der Waals surface area contributed by atoms with Crippen LogP contribution < -0.4 is 10.1 Å². The van der Waals surface area contributed by atoms with Gasteiger partial charge in [-0.25, -0.2) is 9.78 Å². The number of nitrogens with zero attached hydrogens (tertiary/aromatic N) is 3. The summed E-state index contributed by atoms with van der Waals surface area (Å²) in [5, 5.41) is 12.6. The molecule has 1 aliphatic rings. The van der Waals surface area contributed by atoms with Crippen LogP contribution in [0.3, 0.4) is 0 Å². The molecule has 32 heavy (non-hydrogen) atoms. The molecule has 0 bridgehead atoms. The Bertz CT molecular complexity index is 861. The summed E-state index contributed by atoms with van der Waals surface area (Å²) in [6.07, 6.45) is 2.07. The molecule has 1 aromatic rings. The molecule has 3 atom stereocenters. The highest BCUT2D eigenvalue weighted by molar-refractivity contribution is 5.97. The molecule has 2 heterocycles. The number of amides is 3. The Labute approximate surface area is 191 Å². The molecular weight excluding hydrogens is 408 g/mol. The zero-order valence-electron chi connectivity index (χ0n) is 20.0. The van der Waals surface area contributed by atoms with Crippen LogP contribution in [0.5, 0.6) is 5.88 Å². The van der Waals surface area contributed by atoms with Crippen molar-refractivity contribution in [2.45, 2.75) is 53.2 Å². The van der Waals surface area contributed by atoms with Gasteiger partial charge in [-0.1, -0.05) is 39.5 Å². The lowest BCUT2D eigenvalue weighted by molar-refractivity contribution is 0.0352. The van der Waals surface area contributed by atoms with Gasteiger partial charge in [-0.15, -0.1) is 0 Å². The molecule has 0 fully saturated rings. The van der Waals surface area contributed by atoms with E-state index in [9.17, 15) is 14.7 Å². The first-order chi connectivity index (χ1) is 15.2. The van der Waals surface area contributed by atoms with Crippen molar-refractivity contribution in [1.82, 2.24) is 20.1 Å². The molecular formula is C24H36N4O4. The zero-order chi connectivity index (χ0) is 23.8. The number of aromatic nitrogens is 1. The summed E-state index contributed by atoms with van der Waals surface area (Å²) in [5.41, 5.74) is 0.947. The second-order valence-electron chi connectivity index (χ2n) is 8.74. The molecule has 0 aliphatic carbocycles. The maximum absolute atomic E-state index is 13.4. The average Bonchev–Trinajstić information content (AvgIpc) is 2.77. The summed E-state index contributed by atoms with van der Waals surface area (Å²) in [4.78, 5) is 33.3. The standard InChI is InChI=1S/C24H36N4O4/c1-7-10-25-24(31)27(6)14-21-17(4)13-28(18(5)15-29)23(30)20-11-19(9-8-16(2)3)12-26-22(20)32-21/h11-12,16-18,21,29H,7,10,13-15H2,1-6H3,(H,25,31)/t17-,18+,21+/m1/s1. The van der Waals surface area contributed by atoms with Crippen molar-refractivity contribution < 1.29 is 19.4 Å². The number of pyridine rings is 1. The molecule has 3 amide bonds. The normalized spacial score (nSPS) is 19.1. The minimum atomic E-state index is -0.382. The van der Waals surface area contributed by atoms with Crippen molar-refractivity contribution in [3.8, 4) is 17.7 Å². The number of hydrogen-bond acceptors (Lipinski definition) is 5. The quantitative estimate of drug-likeness (QED) is 0.657. The van der Waals surface area contributed by atoms with Crippen molar-refractivity contribution in [3.63, 3.8) is 0 Å². The fraction of sp³-hybridized carbons (Fsp3) is 0.625. The molecule has 0 saturated carbocycles. The van der Waals surface area contributed by atoms with Crippen molar-refractivity contribution in [1.29, 1.82) is 0 Å². The lowest BCUT2D eigenvalue weighted by Gasteiger charge is -2.37. The smallest absolute Gasteiger partial charge is 0.317 e. The number of aliphatic hydroxyl groups is 1. The minimum Gasteiger partial charge on any atom is -0.472 e. The number of ether oxygens (including phenoxy) is 1. The second kappa shape index (κ2) is 11.7. The molecule has 0 unspecified atom stereocenters. The van der Waals surface area contributed by atoms with E-state index in [1.54, 1.807) is 29.1 Å². The van der Waals surface area contributed by atoms with Gasteiger partial charge < -0.3 is 25.0 Å². The van der Waals surface area contributed by atoms with Gasteiger partial charge in [0.05, 0.1) is 19.2 Å². The molecule has 1 aromatic heterocycles. The van der Waals surface area contributed by atoms with Crippen LogP contribution in [0.4, 0.5) is 4.79 Å². The Balaban J connectivity index is 2.40. The van der Waals surface area contributed by atoms with Crippen LogP contribution in [0.2, 0.25) is 0 Å². The van der Waals surface area contributed by atoms with E-state index in [-0.39, 0.29) is 48.4 Å². The van der Waals surface area contributed by atoms with E-state index in [2.05, 4.69) is 22.1 Å². The monoisotopic (exact) mass is 444 g/mol. The predicted octanol–water partition coefficient (Wildman–Crippen LogP) is 2.36. The molecule has 8 heteroatoms. The molecule has 176 valence electrons. The summed E-state index contributed by atoms with van der Waals surface area (Å²) in [6.45, 7) is 10.9. The first-order valence-electron chi connectivity index (χ1n) is 11.3. The number of nitrogens with one attached hydrogen (secondary N) is 1. The first kappa shape index (κ1) is 25.5. The van der Waals surface area contributed by atoms with E-state index < -0.39 is 0 Å². The van der Waals surface area contributed by atoms with Crippen molar-refractivity contribution in [3.05, 3.63) is 23.4 Å². The lowest BCUT2D eigenvalue weighted by Crippen LogP contribution is -2.51. The van der Waals surface area contributed by atoms with Gasteiger partial charge in [0.1, 0.15) is 11.7 Å². The minimum absolute atomic E-state index is 0.0928. The lowest BCUT2D eigenvalue weighted by atomic mass is 10.00. The van der Waals surface area contributed by atoms with Gasteiger partial charge in [-0.2, -0.15) is 0 Å². The van der Waals surface area contributed by atoms with Crippen molar-refractivity contribution in [2.75, 3.05) is 33.3 Å². The van der Waals surface area contributed by atoms with Gasteiger partial charge in [-0.3, -0.25) is 4.79 Å². The van der Waals surface area contributed by atoms with Gasteiger partial charge in [0, 0.05) is 43.7 Å². The summed E-state index contributed by atoms with van der Waals surface area (Å²) >= 11 is 0. The average molecular weight is 445 g/mol. The van der Waals surface area contributed by atoms with Crippen molar-refractivity contribution in [2.24, 2.45) is 11.8 Å². The zero-order valence-corrected chi connectivity index (χ0v) is 20.0. The molecule has 0 aromatic carbocycles. The molecule has 8 nitrogen and oxygen atoms in total. The molecule has 0 radical (unpaired) electrons. The van der Waals surface area contributed by atoms with Gasteiger partial charge >= 0.3 is 6.03 Å². The third-order valence-electron chi connectivity index (χ3n) is 5.35. The maximum Gasteiger partial charge on any atom is 0.317 e. The number of aliphatic hydroxyl groups excluding tert-OH is 1. The fourth-order valence-electron chi connectivity index (χ4n) is 3.34. The molecule has 1 aliphatic heterocycles. The fourth-order valence-corrected chi connectivity index (χ4v) is 3.34. The summed E-state index contributed by atoms with van der Waals surface area (Å²) < 4.78 is 6.20. The van der Waals surface area contributed by atoms with Gasteiger partial charge in [0.2, 0.25) is 5.88 Å². The molecule has 2 N–H and O–H groups in total. The largest absolute Gasteiger partial charge is 0.472 e. The number of carbonyl (C=O) groups excluding carboxylic acids is 2. The van der Waals surface area contributed by atoms with Crippen LogP contribution in [0.1, 0.15) is 57.0 Å². The van der Waals surface area contributed by atoms with E-state index in [4.69, 9.17) is 4.74 Å². The topological polar surface area (TPSA) is 95.0 Å². The van der Waals surface area contributed by atoms with Crippen LogP contribution in [-0.4, -0.2) is 77.3 Å². The highest BCUT2D eigenvalue weighted by Crippen LogP contribution is 2.27. The van der Waals surface area contributed by atoms with E-state index >= 15 is 0 Å². The van der Waals surface area contributed by atoms with Crippen LogP contribution in [-0.2, 0) is 0 Å². The Morgan fingerprint density at radius 1 is 1.44 bits per heavy atom. The second-order valence-corrected chi connectivity index (χ2v) is 8.74. The Morgan fingerprint density at radius 2 is 2.16 bits per heavy atom. The van der Waals surface area contributed by atoms with Gasteiger partial charge in [0.15, 0.2) is 0 Å². The van der Waals surface area contributed by atoms with Gasteiger partial charge in [0.25, 0.3) is 5.91 Å². The van der Waals surface area contributed by atoms with Gasteiger partial charge in [-0.05, 0) is 19.4 Å². The van der Waals surface area contributed by atoms with E-state index in [1.165, 1.54) is 0 Å². The van der Waals surface area contributed by atoms with Crippen LogP contribution >= 0.6 is 0 Å². The number of fused-ring (bicyclic) bond motifs is 1. The third-order valence-corrected chi connectivity index (χ3v) is 5.35. The maximum atomic E-state index is 13.4. The Kier molecular flexibility index (Phi) is 9.33. The van der Waals surface area contributed by atoms with Crippen LogP contribution in [0.15, 0.2) is 12.3 Å². The van der Waals surface area contributed by atoms with Crippen LogP contribution in [0.25, 0.3) is 0 Å². The van der Waals surface area contributed by atoms with E-state index in [0.717, 1.165) is 6.42 Å². The third kappa shape index (κ3) is 6.60. The Morgan fingerprint density at radius 3 is 2.78 bits per heavy atom. The molecule has 2 rings (SSSR count). The Hall–Kier alpha value is -2.79. The van der Waals surface area contributed by atoms with Crippen LogP contribution in [0, 0.1) is 23.7 Å². The number of urea groups is 1. The number of likely N-dealkylation sites (N-methyl/N-ethyl adjacent to an activating group) is 1. The van der Waals surface area contributed by atoms with Crippen molar-refractivity contribution >= 4 is 11.9 Å². The highest BCUT2D eigenvalue weighted by Gasteiger charge is 2.34. The summed E-state index contributed by atoms with van der Waals surface area (Å²) in [5.74, 6) is 6.20. The van der Waals surface area contributed by atoms with E-state index in [1.807, 2.05) is 34.6 Å². The number of carbonyl (C=O) groups is 2. The highest BCUT2D eigenvalue weighted by atomic mass is 16.5. The predicted molar refractivity (Wildman–Crippen MR) is 123 cm³/mol. The number of rotatable bonds is 6. The molecule has 0 spiro atoms. The SMILES string of the molecule is CCCNC(=O)N(C)C[C@@H]1Oc2ncc(C#CC(C)C)cc2C(=O)N([C@@H](C)CO)C[C@H]1C. The summed E-state index contributed by atoms with van der Waals surface area (Å²) in [7, 11) is 1.72. The number of hydrogen-bond donors (Lipinski definition) is 2. The summed E-state index contributed by atoms with van der Waals surface area (Å²) in [6, 6.07) is 1.16. The first-order valence-corrected chi connectivity index (χ1v) is 11.3. The van der Waals surface area contributed by atoms with E-state index in [0.29, 0.717) is 30.8 Å². The molecule has 0 saturated heterocycles.